The van der Waals surface area contributed by atoms with E-state index >= 15 is 0 Å². The summed E-state index contributed by atoms with van der Waals surface area (Å²) in [5.41, 5.74) is 7.34. The molecule has 0 aliphatic heterocycles. The smallest absolute Gasteiger partial charge is 0.269 e. The third-order valence-corrected chi connectivity index (χ3v) is 4.08. The number of carbonyl (C=O) groups is 1. The van der Waals surface area contributed by atoms with E-state index in [4.69, 9.17) is 5.73 Å². The molecule has 1 aliphatic carbocycles. The van der Waals surface area contributed by atoms with E-state index in [0.29, 0.717) is 25.1 Å². The number of nitrogens with two attached hydrogens (primary N) is 1. The molecule has 1 aliphatic rings. The van der Waals surface area contributed by atoms with Crippen LogP contribution in [0.4, 0.5) is 0 Å². The summed E-state index contributed by atoms with van der Waals surface area (Å²) in [5.74, 6) is 0.0942. The van der Waals surface area contributed by atoms with Crippen molar-refractivity contribution in [1.82, 2.24) is 14.8 Å². The fourth-order valence-electron chi connectivity index (χ4n) is 2.49. The van der Waals surface area contributed by atoms with Gasteiger partial charge in [0.1, 0.15) is 0 Å². The Labute approximate surface area is 129 Å². The van der Waals surface area contributed by atoms with Crippen LogP contribution in [0.15, 0.2) is 18.3 Å². The minimum atomic E-state index is -0.540. The summed E-state index contributed by atoms with van der Waals surface area (Å²) in [6.07, 6.45) is 2.97. The van der Waals surface area contributed by atoms with E-state index in [-0.39, 0.29) is 5.69 Å². The molecule has 0 aromatic carbocycles. The molecule has 20 heavy (non-hydrogen) atoms. The quantitative estimate of drug-likeness (QED) is 0.750. The first-order valence-corrected chi connectivity index (χ1v) is 7.34. The number of aliphatic hydroxyl groups is 1. The zero-order valence-corrected chi connectivity index (χ0v) is 12.7. The summed E-state index contributed by atoms with van der Waals surface area (Å²) in [7, 11) is 0. The van der Waals surface area contributed by atoms with Crippen molar-refractivity contribution in [2.45, 2.75) is 25.4 Å². The molecule has 0 radical (unpaired) electrons. The van der Waals surface area contributed by atoms with E-state index in [0.717, 1.165) is 14.8 Å². The Morgan fingerprint density at radius 2 is 2.35 bits per heavy atom. The Hall–Kier alpha value is -1.48. The Bertz CT molecular complexity index is 683. The first kappa shape index (κ1) is 13.5. The summed E-state index contributed by atoms with van der Waals surface area (Å²) >= 11 is 2.19. The standard InChI is InChI=1S/C13H13IN4O2/c14-7-3-4-16-11(5-7)18-10-6-8(19)1-2-9(10)12(17-18)13(15)20/h3-5,8,19H,1-2,6H2,(H2,15,20)/t8-/m0/s1. The Morgan fingerprint density at radius 3 is 3.05 bits per heavy atom. The molecule has 0 spiro atoms. The van der Waals surface area contributed by atoms with Crippen molar-refractivity contribution < 1.29 is 9.90 Å². The molecule has 0 saturated carbocycles. The van der Waals surface area contributed by atoms with Gasteiger partial charge in [0, 0.05) is 21.8 Å². The number of aliphatic hydroxyl groups excluding tert-OH is 1. The highest BCUT2D eigenvalue weighted by Gasteiger charge is 2.28. The van der Waals surface area contributed by atoms with Crippen LogP contribution in [0.2, 0.25) is 0 Å². The van der Waals surface area contributed by atoms with Gasteiger partial charge in [-0.15, -0.1) is 0 Å². The van der Waals surface area contributed by atoms with Crippen molar-refractivity contribution >= 4 is 28.5 Å². The second kappa shape index (κ2) is 5.13. The number of fused-ring (bicyclic) bond motifs is 1. The molecular formula is C13H13IN4O2. The van der Waals surface area contributed by atoms with Gasteiger partial charge in [-0.05, 0) is 47.6 Å². The number of hydrogen-bond donors (Lipinski definition) is 2. The highest BCUT2D eigenvalue weighted by molar-refractivity contribution is 14.1. The first-order valence-electron chi connectivity index (χ1n) is 6.27. The van der Waals surface area contributed by atoms with E-state index in [1.165, 1.54) is 0 Å². The summed E-state index contributed by atoms with van der Waals surface area (Å²) in [4.78, 5) is 15.8. The van der Waals surface area contributed by atoms with Crippen molar-refractivity contribution in [3.05, 3.63) is 38.9 Å². The summed E-state index contributed by atoms with van der Waals surface area (Å²) < 4.78 is 2.65. The number of pyridine rings is 1. The lowest BCUT2D eigenvalue weighted by Crippen LogP contribution is -2.22. The van der Waals surface area contributed by atoms with Gasteiger partial charge in [-0.2, -0.15) is 5.10 Å². The lowest BCUT2D eigenvalue weighted by atomic mass is 9.93. The van der Waals surface area contributed by atoms with E-state index in [9.17, 15) is 9.90 Å². The predicted molar refractivity (Wildman–Crippen MR) is 80.6 cm³/mol. The van der Waals surface area contributed by atoms with Crippen LogP contribution < -0.4 is 5.73 Å². The third kappa shape index (κ3) is 2.31. The van der Waals surface area contributed by atoms with Crippen LogP contribution in [-0.4, -0.2) is 31.9 Å². The third-order valence-electron chi connectivity index (χ3n) is 3.40. The van der Waals surface area contributed by atoms with Crippen LogP contribution in [0.1, 0.15) is 28.2 Å². The second-order valence-electron chi connectivity index (χ2n) is 4.78. The minimum absolute atomic E-state index is 0.285. The van der Waals surface area contributed by atoms with Gasteiger partial charge in [-0.25, -0.2) is 9.67 Å². The largest absolute Gasteiger partial charge is 0.393 e. The lowest BCUT2D eigenvalue weighted by molar-refractivity contribution is 0.0993. The van der Waals surface area contributed by atoms with Crippen molar-refractivity contribution in [3.63, 3.8) is 0 Å². The topological polar surface area (TPSA) is 94.0 Å². The normalized spacial score (nSPS) is 17.8. The van der Waals surface area contributed by atoms with E-state index in [2.05, 4.69) is 32.7 Å². The van der Waals surface area contributed by atoms with Crippen molar-refractivity contribution in [2.24, 2.45) is 5.73 Å². The van der Waals surface area contributed by atoms with Gasteiger partial charge >= 0.3 is 0 Å². The molecule has 2 aromatic rings. The summed E-state index contributed by atoms with van der Waals surface area (Å²) in [6.45, 7) is 0. The maximum absolute atomic E-state index is 11.5. The van der Waals surface area contributed by atoms with Gasteiger partial charge in [0.05, 0.1) is 11.8 Å². The Balaban J connectivity index is 2.18. The number of carbonyl (C=O) groups excluding carboxylic acids is 1. The lowest BCUT2D eigenvalue weighted by Gasteiger charge is -2.18. The average Bonchev–Trinajstić information content (AvgIpc) is 2.77. The Kier molecular flexibility index (Phi) is 3.47. The van der Waals surface area contributed by atoms with Crippen molar-refractivity contribution in [3.8, 4) is 5.82 Å². The monoisotopic (exact) mass is 384 g/mol. The predicted octanol–water partition coefficient (Wildman–Crippen LogP) is 0.820. The molecule has 104 valence electrons. The van der Waals surface area contributed by atoms with E-state index < -0.39 is 12.0 Å². The number of nitrogens with zero attached hydrogens (tertiary/aromatic N) is 3. The molecule has 0 unspecified atom stereocenters. The van der Waals surface area contributed by atoms with Crippen molar-refractivity contribution in [1.29, 1.82) is 0 Å². The molecule has 3 N–H and O–H groups in total. The molecule has 6 nitrogen and oxygen atoms in total. The first-order chi connectivity index (χ1) is 9.56. The molecule has 0 bridgehead atoms. The number of amides is 1. The molecule has 2 heterocycles. The van der Waals surface area contributed by atoms with Crippen LogP contribution >= 0.6 is 22.6 Å². The van der Waals surface area contributed by atoms with E-state index in [1.54, 1.807) is 10.9 Å². The van der Waals surface area contributed by atoms with Crippen LogP contribution in [0.25, 0.3) is 5.82 Å². The van der Waals surface area contributed by atoms with Gasteiger partial charge in [0.15, 0.2) is 11.5 Å². The average molecular weight is 384 g/mol. The molecule has 0 saturated heterocycles. The number of hydrogen-bond acceptors (Lipinski definition) is 4. The van der Waals surface area contributed by atoms with Crippen LogP contribution in [0, 0.1) is 3.57 Å². The maximum Gasteiger partial charge on any atom is 0.269 e. The van der Waals surface area contributed by atoms with Gasteiger partial charge in [0.25, 0.3) is 5.91 Å². The summed E-state index contributed by atoms with van der Waals surface area (Å²) in [5, 5.41) is 14.2. The number of primary amides is 1. The van der Waals surface area contributed by atoms with Gasteiger partial charge in [-0.1, -0.05) is 0 Å². The molecule has 0 fully saturated rings. The van der Waals surface area contributed by atoms with Crippen molar-refractivity contribution in [2.75, 3.05) is 0 Å². The Morgan fingerprint density at radius 1 is 1.55 bits per heavy atom. The number of rotatable bonds is 2. The van der Waals surface area contributed by atoms with Gasteiger partial charge < -0.3 is 10.8 Å². The highest BCUT2D eigenvalue weighted by atomic mass is 127. The molecule has 2 aromatic heterocycles. The van der Waals surface area contributed by atoms with Gasteiger partial charge in [-0.3, -0.25) is 4.79 Å². The van der Waals surface area contributed by atoms with Crippen LogP contribution in [0.5, 0.6) is 0 Å². The molecule has 7 heteroatoms. The zero-order chi connectivity index (χ0) is 14.3. The van der Waals surface area contributed by atoms with Crippen LogP contribution in [0.3, 0.4) is 0 Å². The highest BCUT2D eigenvalue weighted by Crippen LogP contribution is 2.26. The minimum Gasteiger partial charge on any atom is -0.393 e. The summed E-state index contributed by atoms with van der Waals surface area (Å²) in [6, 6.07) is 3.75. The fraction of sp³-hybridized carbons (Fsp3) is 0.308. The number of aromatic nitrogens is 3. The van der Waals surface area contributed by atoms with E-state index in [1.807, 2.05) is 12.1 Å². The second-order valence-corrected chi connectivity index (χ2v) is 6.02. The molecule has 3 rings (SSSR count). The van der Waals surface area contributed by atoms with Gasteiger partial charge in [0.2, 0.25) is 0 Å². The molecule has 1 amide bonds. The zero-order valence-electron chi connectivity index (χ0n) is 10.6. The number of halogens is 1. The molecule has 1 atom stereocenters. The van der Waals surface area contributed by atoms with Crippen LogP contribution in [-0.2, 0) is 12.8 Å². The molecular weight excluding hydrogens is 371 g/mol. The SMILES string of the molecule is NC(=O)c1nn(-c2cc(I)ccn2)c2c1CC[C@H](O)C2. The fourth-order valence-corrected chi connectivity index (χ4v) is 2.93. The maximum atomic E-state index is 11.5.